The minimum absolute atomic E-state index is 0.00138. The highest BCUT2D eigenvalue weighted by atomic mass is 32.2. The first-order valence-electron chi connectivity index (χ1n) is 6.96. The van der Waals surface area contributed by atoms with Crippen LogP contribution >= 0.6 is 11.8 Å². The van der Waals surface area contributed by atoms with Crippen molar-refractivity contribution in [2.24, 2.45) is 17.8 Å². The zero-order chi connectivity index (χ0) is 16.4. The second-order valence-corrected chi connectivity index (χ2v) is 6.29. The number of nitrogens with zero attached hydrogens (tertiary/aromatic N) is 2. The van der Waals surface area contributed by atoms with E-state index in [4.69, 9.17) is 4.74 Å². The Morgan fingerprint density at radius 1 is 1.36 bits per heavy atom. The molecule has 0 heterocycles. The van der Waals surface area contributed by atoms with Crippen molar-refractivity contribution >= 4 is 23.5 Å². The highest BCUT2D eigenvalue weighted by Gasteiger charge is 2.47. The average Bonchev–Trinajstić information content (AvgIpc) is 2.52. The molecule has 6 heteroatoms. The van der Waals surface area contributed by atoms with Crippen LogP contribution in [0.5, 0.6) is 0 Å². The first-order valence-corrected chi connectivity index (χ1v) is 8.19. The second kappa shape index (κ2) is 6.37. The fourth-order valence-electron chi connectivity index (χ4n) is 3.41. The van der Waals surface area contributed by atoms with Crippen LogP contribution in [-0.2, 0) is 14.3 Å². The quantitative estimate of drug-likeness (QED) is 0.441. The van der Waals surface area contributed by atoms with Crippen molar-refractivity contribution in [2.45, 2.75) is 19.8 Å². The number of hydrogen-bond donors (Lipinski definition) is 0. The molecule has 0 unspecified atom stereocenters. The molecule has 0 aromatic carbocycles. The van der Waals surface area contributed by atoms with Gasteiger partial charge in [-0.15, -0.1) is 11.8 Å². The summed E-state index contributed by atoms with van der Waals surface area (Å²) in [4.78, 5) is 25.3. The van der Waals surface area contributed by atoms with Crippen LogP contribution in [0.15, 0.2) is 21.6 Å². The van der Waals surface area contributed by atoms with E-state index in [0.29, 0.717) is 10.5 Å². The maximum atomic E-state index is 12.7. The van der Waals surface area contributed by atoms with Gasteiger partial charge in [0, 0.05) is 16.7 Å². The van der Waals surface area contributed by atoms with Gasteiger partial charge in [0.05, 0.1) is 7.11 Å². The van der Waals surface area contributed by atoms with Crippen molar-refractivity contribution in [3.63, 3.8) is 0 Å². The number of fused-ring (bicyclic) bond motifs is 2. The van der Waals surface area contributed by atoms with Gasteiger partial charge in [-0.3, -0.25) is 4.79 Å². The Balaban J connectivity index is 2.77. The van der Waals surface area contributed by atoms with Gasteiger partial charge in [0.25, 0.3) is 0 Å². The van der Waals surface area contributed by atoms with Crippen LogP contribution in [0.1, 0.15) is 19.8 Å². The van der Waals surface area contributed by atoms with Crippen LogP contribution in [0, 0.1) is 40.4 Å². The van der Waals surface area contributed by atoms with Crippen molar-refractivity contribution in [1.29, 1.82) is 10.5 Å². The zero-order valence-corrected chi connectivity index (χ0v) is 13.5. The number of ether oxygens (including phenoxy) is 1. The Kier molecular flexibility index (Phi) is 4.73. The van der Waals surface area contributed by atoms with Gasteiger partial charge in [-0.1, -0.05) is 6.92 Å². The van der Waals surface area contributed by atoms with Crippen molar-refractivity contribution in [3.8, 4) is 12.1 Å². The van der Waals surface area contributed by atoms with E-state index >= 15 is 0 Å². The Labute approximate surface area is 133 Å². The van der Waals surface area contributed by atoms with Gasteiger partial charge < -0.3 is 4.74 Å². The van der Waals surface area contributed by atoms with Crippen LogP contribution in [0.2, 0.25) is 0 Å². The van der Waals surface area contributed by atoms with Gasteiger partial charge in [-0.05, 0) is 30.6 Å². The molecule has 22 heavy (non-hydrogen) atoms. The highest BCUT2D eigenvalue weighted by Crippen LogP contribution is 2.51. The number of methoxy groups -OCH3 is 1. The third kappa shape index (κ3) is 2.34. The number of ketones is 1. The molecule has 2 aliphatic carbocycles. The van der Waals surface area contributed by atoms with Gasteiger partial charge in [-0.2, -0.15) is 10.5 Å². The Bertz CT molecular complexity index is 678. The molecule has 1 fully saturated rings. The number of esters is 1. The summed E-state index contributed by atoms with van der Waals surface area (Å²) in [6.07, 6.45) is 3.36. The van der Waals surface area contributed by atoms with Crippen molar-refractivity contribution in [2.75, 3.05) is 13.4 Å². The third-order valence-corrected chi connectivity index (χ3v) is 5.33. The minimum Gasteiger partial charge on any atom is -0.465 e. The number of hydrogen-bond acceptors (Lipinski definition) is 6. The lowest BCUT2D eigenvalue weighted by atomic mass is 9.63. The third-order valence-electron chi connectivity index (χ3n) is 4.40. The van der Waals surface area contributed by atoms with Gasteiger partial charge in [0.1, 0.15) is 23.3 Å². The molecule has 0 aromatic heterocycles. The molecule has 0 radical (unpaired) electrons. The summed E-state index contributed by atoms with van der Waals surface area (Å²) in [7, 11) is 1.22. The molecule has 0 amide bonds. The molecular weight excluding hydrogens is 300 g/mol. The molecule has 0 N–H and O–H groups in total. The molecule has 1 saturated carbocycles. The van der Waals surface area contributed by atoms with Crippen LogP contribution in [0.25, 0.3) is 0 Å². The summed E-state index contributed by atoms with van der Waals surface area (Å²) in [5, 5.41) is 18.7. The van der Waals surface area contributed by atoms with E-state index in [9.17, 15) is 20.1 Å². The normalized spacial score (nSPS) is 29.5. The molecule has 0 aromatic rings. The lowest BCUT2D eigenvalue weighted by Gasteiger charge is -2.41. The summed E-state index contributed by atoms with van der Waals surface area (Å²) in [5.41, 5.74) is 0.641. The van der Waals surface area contributed by atoms with E-state index in [-0.39, 0.29) is 28.8 Å². The summed E-state index contributed by atoms with van der Waals surface area (Å²) < 4.78 is 4.70. The predicted octanol–water partition coefficient (Wildman–Crippen LogP) is 2.37. The first-order chi connectivity index (χ1) is 10.5. The van der Waals surface area contributed by atoms with Crippen molar-refractivity contribution in [1.82, 2.24) is 0 Å². The van der Waals surface area contributed by atoms with E-state index in [0.717, 1.165) is 12.8 Å². The Hall–Kier alpha value is -2.05. The Morgan fingerprint density at radius 3 is 2.55 bits per heavy atom. The van der Waals surface area contributed by atoms with Crippen molar-refractivity contribution in [3.05, 3.63) is 21.6 Å². The first kappa shape index (κ1) is 16.3. The van der Waals surface area contributed by atoms with Gasteiger partial charge in [0.15, 0.2) is 5.78 Å². The fraction of sp³-hybridized carbons (Fsp3) is 0.500. The van der Waals surface area contributed by atoms with Crippen molar-refractivity contribution < 1.29 is 14.3 Å². The SMILES string of the molecule is COC(=O)/C(C#N)=C1/[C@@H]2CC[C@H](C)[C@H]1C(=O)C(C#N)=C2SC. The van der Waals surface area contributed by atoms with Crippen LogP contribution in [0.4, 0.5) is 0 Å². The number of nitriles is 2. The molecule has 0 aliphatic heterocycles. The number of rotatable bonds is 2. The van der Waals surface area contributed by atoms with Gasteiger partial charge in [-0.25, -0.2) is 4.79 Å². The summed E-state index contributed by atoms with van der Waals surface area (Å²) in [5.74, 6) is -1.77. The molecule has 2 aliphatic rings. The number of Topliss-reactive ketones (excluding diaryl/α,β-unsaturated/α-hetero) is 1. The summed E-state index contributed by atoms with van der Waals surface area (Å²) in [6, 6.07) is 3.92. The van der Waals surface area contributed by atoms with Crippen LogP contribution in [-0.4, -0.2) is 25.1 Å². The smallest absolute Gasteiger partial charge is 0.348 e. The zero-order valence-electron chi connectivity index (χ0n) is 12.7. The minimum atomic E-state index is -0.713. The number of thioether (sulfide) groups is 1. The summed E-state index contributed by atoms with van der Waals surface area (Å²) in [6.45, 7) is 1.92. The molecule has 0 spiro atoms. The monoisotopic (exact) mass is 316 g/mol. The predicted molar refractivity (Wildman–Crippen MR) is 81.2 cm³/mol. The second-order valence-electron chi connectivity index (χ2n) is 5.44. The van der Waals surface area contributed by atoms with E-state index in [2.05, 4.69) is 0 Å². The van der Waals surface area contributed by atoms with Gasteiger partial charge in [0.2, 0.25) is 0 Å². The average molecular weight is 316 g/mol. The van der Waals surface area contributed by atoms with E-state index in [1.807, 2.05) is 19.1 Å². The molecule has 2 bridgehead atoms. The van der Waals surface area contributed by atoms with E-state index < -0.39 is 11.9 Å². The molecule has 2 rings (SSSR count). The maximum absolute atomic E-state index is 12.7. The number of carbonyl (C=O) groups excluding carboxylic acids is 2. The lowest BCUT2D eigenvalue weighted by molar-refractivity contribution is -0.135. The topological polar surface area (TPSA) is 90.9 Å². The number of carbonyl (C=O) groups is 2. The number of allylic oxidation sites excluding steroid dienone is 3. The largest absolute Gasteiger partial charge is 0.465 e. The Morgan fingerprint density at radius 2 is 2.05 bits per heavy atom. The van der Waals surface area contributed by atoms with E-state index in [1.165, 1.54) is 18.9 Å². The molecule has 3 atom stereocenters. The molecule has 114 valence electrons. The molecule has 5 nitrogen and oxygen atoms in total. The highest BCUT2D eigenvalue weighted by molar-refractivity contribution is 8.02. The van der Waals surface area contributed by atoms with Gasteiger partial charge >= 0.3 is 5.97 Å². The van der Waals surface area contributed by atoms with Crippen LogP contribution in [0.3, 0.4) is 0 Å². The lowest BCUT2D eigenvalue weighted by Crippen LogP contribution is -2.39. The molecular formula is C16H16N2O3S. The standard InChI is InChI=1S/C16H16N2O3S/c1-8-4-5-9-13(10(6-17)16(20)21-2)12(8)14(19)11(7-18)15(9)22-3/h8-9,12H,4-5H2,1-3H3/b13-10-/t8-,9-,12+/m0/s1. The maximum Gasteiger partial charge on any atom is 0.348 e. The van der Waals surface area contributed by atoms with Crippen LogP contribution < -0.4 is 0 Å². The molecule has 0 saturated heterocycles. The fourth-order valence-corrected chi connectivity index (χ4v) is 4.29. The summed E-state index contributed by atoms with van der Waals surface area (Å²) >= 11 is 1.34. The van der Waals surface area contributed by atoms with E-state index in [1.54, 1.807) is 6.26 Å².